The Morgan fingerprint density at radius 2 is 2.11 bits per heavy atom. The number of ether oxygens (including phenoxy) is 1. The molecule has 0 saturated carbocycles. The van der Waals surface area contributed by atoms with Crippen molar-refractivity contribution in [2.75, 3.05) is 6.61 Å². The molecule has 2 rings (SSSR count). The summed E-state index contributed by atoms with van der Waals surface area (Å²) in [6.07, 6.45) is 1.74. The average Bonchev–Trinajstić information content (AvgIpc) is 2.80. The molecule has 1 aromatic carbocycles. The summed E-state index contributed by atoms with van der Waals surface area (Å²) in [7, 11) is 0. The number of nitrogens with zero attached hydrogens (tertiary/aromatic N) is 2. The van der Waals surface area contributed by atoms with Crippen molar-refractivity contribution in [1.29, 1.82) is 0 Å². The highest BCUT2D eigenvalue weighted by atomic mass is 16.5. The van der Waals surface area contributed by atoms with Crippen LogP contribution >= 0.6 is 0 Å². The first kappa shape index (κ1) is 13.3. The number of aromatic nitrogens is 2. The van der Waals surface area contributed by atoms with Crippen LogP contribution in [0, 0.1) is 0 Å². The van der Waals surface area contributed by atoms with Crippen molar-refractivity contribution >= 4 is 22.7 Å². The molecule has 0 aliphatic carbocycles. The second-order valence-corrected chi connectivity index (χ2v) is 4.51. The van der Waals surface area contributed by atoms with Crippen molar-refractivity contribution in [3.63, 3.8) is 0 Å². The molecule has 0 amide bonds. The number of esters is 1. The lowest BCUT2D eigenvalue weighted by Crippen LogP contribution is -2.17. The van der Waals surface area contributed by atoms with E-state index in [1.807, 2.05) is 18.5 Å². The summed E-state index contributed by atoms with van der Waals surface area (Å²) >= 11 is 0. The van der Waals surface area contributed by atoms with Crippen LogP contribution in [0.15, 0.2) is 24.4 Å². The van der Waals surface area contributed by atoms with Crippen LogP contribution in [0.1, 0.15) is 37.2 Å². The van der Waals surface area contributed by atoms with E-state index in [0.29, 0.717) is 5.56 Å². The third kappa shape index (κ3) is 2.50. The third-order valence-electron chi connectivity index (χ3n) is 2.81. The SMILES string of the molecule is CCOC(=O)C(=O)c1ccc2cnn(C(C)C)c2c1. The Hall–Kier alpha value is -2.17. The molecule has 0 spiro atoms. The van der Waals surface area contributed by atoms with Crippen molar-refractivity contribution in [3.05, 3.63) is 30.0 Å². The van der Waals surface area contributed by atoms with Crippen LogP contribution < -0.4 is 0 Å². The van der Waals surface area contributed by atoms with Gasteiger partial charge in [-0.2, -0.15) is 5.10 Å². The van der Waals surface area contributed by atoms with E-state index < -0.39 is 11.8 Å². The zero-order chi connectivity index (χ0) is 14.0. The standard InChI is InChI=1S/C14H16N2O3/c1-4-19-14(18)13(17)10-5-6-11-8-15-16(9(2)3)12(11)7-10/h5-9H,4H2,1-3H3. The molecule has 100 valence electrons. The maximum Gasteiger partial charge on any atom is 0.379 e. The van der Waals surface area contributed by atoms with E-state index in [2.05, 4.69) is 5.10 Å². The summed E-state index contributed by atoms with van der Waals surface area (Å²) in [6.45, 7) is 5.87. The number of ketones is 1. The molecule has 0 N–H and O–H groups in total. The molecule has 0 aliphatic heterocycles. The van der Waals surface area contributed by atoms with Gasteiger partial charge >= 0.3 is 5.97 Å². The van der Waals surface area contributed by atoms with Gasteiger partial charge in [0.1, 0.15) is 0 Å². The molecule has 19 heavy (non-hydrogen) atoms. The van der Waals surface area contributed by atoms with Crippen LogP contribution in [0.25, 0.3) is 10.9 Å². The molecule has 0 radical (unpaired) electrons. The minimum Gasteiger partial charge on any atom is -0.460 e. The zero-order valence-electron chi connectivity index (χ0n) is 11.2. The van der Waals surface area contributed by atoms with Gasteiger partial charge in [-0.25, -0.2) is 4.79 Å². The van der Waals surface area contributed by atoms with Crippen molar-refractivity contribution in [1.82, 2.24) is 9.78 Å². The quantitative estimate of drug-likeness (QED) is 0.481. The largest absolute Gasteiger partial charge is 0.460 e. The molecular weight excluding hydrogens is 244 g/mol. The first-order chi connectivity index (χ1) is 9.04. The Balaban J connectivity index is 2.43. The number of benzene rings is 1. The lowest BCUT2D eigenvalue weighted by Gasteiger charge is -2.07. The molecular formula is C14H16N2O3. The number of Topliss-reactive ketones (excluding diaryl/α,β-unsaturated/α-hetero) is 1. The molecule has 5 nitrogen and oxygen atoms in total. The van der Waals surface area contributed by atoms with Gasteiger partial charge in [0.25, 0.3) is 5.78 Å². The van der Waals surface area contributed by atoms with Crippen LogP contribution in [0.2, 0.25) is 0 Å². The molecule has 0 aliphatic rings. The lowest BCUT2D eigenvalue weighted by molar-refractivity contribution is -0.137. The van der Waals surface area contributed by atoms with E-state index in [4.69, 9.17) is 4.74 Å². The van der Waals surface area contributed by atoms with E-state index >= 15 is 0 Å². The second-order valence-electron chi connectivity index (χ2n) is 4.51. The van der Waals surface area contributed by atoms with Gasteiger partial charge in [-0.15, -0.1) is 0 Å². The monoisotopic (exact) mass is 260 g/mol. The van der Waals surface area contributed by atoms with Crippen LogP contribution in [0.4, 0.5) is 0 Å². The number of hydrogen-bond donors (Lipinski definition) is 0. The van der Waals surface area contributed by atoms with Gasteiger partial charge in [0.2, 0.25) is 0 Å². The zero-order valence-corrected chi connectivity index (χ0v) is 11.2. The van der Waals surface area contributed by atoms with E-state index in [9.17, 15) is 9.59 Å². The first-order valence-electron chi connectivity index (χ1n) is 6.23. The van der Waals surface area contributed by atoms with E-state index in [1.165, 1.54) is 0 Å². The van der Waals surface area contributed by atoms with E-state index in [1.54, 1.807) is 31.3 Å². The molecule has 0 bridgehead atoms. The Bertz CT molecular complexity index is 629. The third-order valence-corrected chi connectivity index (χ3v) is 2.81. The Morgan fingerprint density at radius 1 is 1.37 bits per heavy atom. The fraction of sp³-hybridized carbons (Fsp3) is 0.357. The lowest BCUT2D eigenvalue weighted by atomic mass is 10.1. The molecule has 0 atom stereocenters. The summed E-state index contributed by atoms with van der Waals surface area (Å²) in [4.78, 5) is 23.3. The number of rotatable bonds is 4. The molecule has 2 aromatic rings. The van der Waals surface area contributed by atoms with Crippen molar-refractivity contribution in [2.24, 2.45) is 0 Å². The van der Waals surface area contributed by atoms with Gasteiger partial charge in [0.05, 0.1) is 18.3 Å². The Kier molecular flexibility index (Phi) is 3.64. The molecule has 0 fully saturated rings. The first-order valence-corrected chi connectivity index (χ1v) is 6.23. The van der Waals surface area contributed by atoms with E-state index in [-0.39, 0.29) is 12.6 Å². The van der Waals surface area contributed by atoms with Crippen LogP contribution in [0.3, 0.4) is 0 Å². The van der Waals surface area contributed by atoms with Gasteiger partial charge < -0.3 is 4.74 Å². The maximum atomic E-state index is 11.9. The minimum absolute atomic E-state index is 0.186. The summed E-state index contributed by atoms with van der Waals surface area (Å²) in [5.41, 5.74) is 1.17. The van der Waals surface area contributed by atoms with Crippen LogP contribution in [-0.4, -0.2) is 28.1 Å². The van der Waals surface area contributed by atoms with E-state index in [0.717, 1.165) is 10.9 Å². The predicted octanol–water partition coefficient (Wildman–Crippen LogP) is 2.36. The van der Waals surface area contributed by atoms with Crippen molar-refractivity contribution in [3.8, 4) is 0 Å². The molecule has 1 heterocycles. The van der Waals surface area contributed by atoms with Gasteiger partial charge in [0, 0.05) is 17.0 Å². The number of hydrogen-bond acceptors (Lipinski definition) is 4. The van der Waals surface area contributed by atoms with Gasteiger partial charge in [-0.1, -0.05) is 6.07 Å². The summed E-state index contributed by atoms with van der Waals surface area (Å²) < 4.78 is 6.54. The van der Waals surface area contributed by atoms with Gasteiger partial charge in [-0.3, -0.25) is 9.48 Å². The van der Waals surface area contributed by atoms with Gasteiger partial charge in [0.15, 0.2) is 0 Å². The van der Waals surface area contributed by atoms with Gasteiger partial charge in [-0.05, 0) is 32.9 Å². The smallest absolute Gasteiger partial charge is 0.379 e. The second kappa shape index (κ2) is 5.22. The molecule has 5 heteroatoms. The fourth-order valence-corrected chi connectivity index (χ4v) is 1.91. The number of carbonyl (C=O) groups is 2. The van der Waals surface area contributed by atoms with Crippen molar-refractivity contribution in [2.45, 2.75) is 26.8 Å². The Labute approximate surface area is 111 Å². The summed E-state index contributed by atoms with van der Waals surface area (Å²) in [5, 5.41) is 5.20. The highest BCUT2D eigenvalue weighted by Gasteiger charge is 2.18. The Morgan fingerprint density at radius 3 is 2.74 bits per heavy atom. The minimum atomic E-state index is -0.822. The fourth-order valence-electron chi connectivity index (χ4n) is 1.91. The topological polar surface area (TPSA) is 61.2 Å². The molecule has 0 saturated heterocycles. The maximum absolute atomic E-state index is 11.9. The highest BCUT2D eigenvalue weighted by Crippen LogP contribution is 2.19. The van der Waals surface area contributed by atoms with Crippen LogP contribution in [-0.2, 0) is 9.53 Å². The van der Waals surface area contributed by atoms with Crippen molar-refractivity contribution < 1.29 is 14.3 Å². The molecule has 1 aromatic heterocycles. The number of fused-ring (bicyclic) bond motifs is 1. The normalized spacial score (nSPS) is 10.9. The van der Waals surface area contributed by atoms with Crippen LogP contribution in [0.5, 0.6) is 0 Å². The number of carbonyl (C=O) groups excluding carboxylic acids is 2. The summed E-state index contributed by atoms with van der Waals surface area (Å²) in [6, 6.07) is 5.27. The highest BCUT2D eigenvalue weighted by molar-refractivity contribution is 6.40. The predicted molar refractivity (Wildman–Crippen MR) is 71.1 cm³/mol. The molecule has 0 unspecified atom stereocenters. The summed E-state index contributed by atoms with van der Waals surface area (Å²) in [5.74, 6) is -1.45. The average molecular weight is 260 g/mol.